The van der Waals surface area contributed by atoms with Gasteiger partial charge in [0.1, 0.15) is 5.78 Å². The van der Waals surface area contributed by atoms with E-state index in [2.05, 4.69) is 91.0 Å². The van der Waals surface area contributed by atoms with E-state index in [4.69, 9.17) is 5.11 Å². The fourth-order valence-corrected chi connectivity index (χ4v) is 4.88. The fraction of sp³-hybridized carbons (Fsp3) is 0.355. The molecule has 3 nitrogen and oxygen atoms in total. The van der Waals surface area contributed by atoms with Crippen molar-refractivity contribution < 1.29 is 14.7 Å². The Morgan fingerprint density at radius 1 is 0.629 bits per heavy atom. The van der Waals surface area contributed by atoms with Crippen molar-refractivity contribution in [2.45, 2.75) is 61.3 Å². The van der Waals surface area contributed by atoms with Crippen molar-refractivity contribution in [3.63, 3.8) is 0 Å². The topological polar surface area (TPSA) is 54.4 Å². The smallest absolute Gasteiger partial charge is 0.309 e. The minimum Gasteiger partial charge on any atom is -0.481 e. The van der Waals surface area contributed by atoms with E-state index in [1.54, 1.807) is 20.8 Å². The first-order chi connectivity index (χ1) is 16.5. The van der Waals surface area contributed by atoms with E-state index in [9.17, 15) is 9.59 Å². The van der Waals surface area contributed by atoms with Crippen LogP contribution in [0.15, 0.2) is 91.0 Å². The van der Waals surface area contributed by atoms with Crippen molar-refractivity contribution in [3.05, 3.63) is 91.0 Å². The Morgan fingerprint density at radius 3 is 1.06 bits per heavy atom. The van der Waals surface area contributed by atoms with Gasteiger partial charge in [-0.05, 0) is 57.4 Å². The third-order valence-corrected chi connectivity index (χ3v) is 8.79. The van der Waals surface area contributed by atoms with Gasteiger partial charge in [-0.15, -0.1) is 0 Å². The molecule has 0 aliphatic rings. The van der Waals surface area contributed by atoms with Crippen molar-refractivity contribution in [2.75, 3.05) is 0 Å². The minimum atomic E-state index is -0.722. The second-order valence-electron chi connectivity index (χ2n) is 9.68. The monoisotopic (exact) mass is 492 g/mol. The molecule has 0 heterocycles. The lowest BCUT2D eigenvalue weighted by Gasteiger charge is -2.18. The number of hydrogen-bond acceptors (Lipinski definition) is 2. The van der Waals surface area contributed by atoms with Crippen LogP contribution in [-0.4, -0.2) is 16.9 Å². The number of rotatable bonds is 7. The molecule has 3 rings (SSSR count). The number of carbonyl (C=O) groups is 2. The first kappa shape index (κ1) is 30.3. The number of Topliss-reactive ketones (excluding diaryl/α,β-unsaturated/α-hetero) is 1. The standard InChI is InChI=1S/C18H15P.C7H14O.C6H12O2/c1-4-10-16(11-5-1)19(17-12-6-2-7-13-17)18-14-8-3-9-15-18;1-5-7(3,4)6(2)8;1-4-6(2,3)5(7)8/h1-15H;5H2,1-4H3;4H2,1-3H3,(H,7,8). The molecule has 0 spiro atoms. The van der Waals surface area contributed by atoms with E-state index >= 15 is 0 Å². The molecule has 188 valence electrons. The molecular formula is C31H41O3P. The molecule has 0 aromatic heterocycles. The van der Waals surface area contributed by atoms with Crippen molar-refractivity contribution >= 4 is 35.6 Å². The van der Waals surface area contributed by atoms with Crippen LogP contribution in [0.25, 0.3) is 0 Å². The molecule has 0 amide bonds. The number of aliphatic carboxylic acids is 1. The van der Waals surface area contributed by atoms with Crippen LogP contribution in [0, 0.1) is 10.8 Å². The van der Waals surface area contributed by atoms with E-state index in [0.29, 0.717) is 6.42 Å². The molecule has 1 N–H and O–H groups in total. The van der Waals surface area contributed by atoms with Gasteiger partial charge in [-0.2, -0.15) is 0 Å². The molecule has 0 aliphatic carbocycles. The van der Waals surface area contributed by atoms with E-state index < -0.39 is 19.3 Å². The van der Waals surface area contributed by atoms with Crippen LogP contribution < -0.4 is 15.9 Å². The lowest BCUT2D eigenvalue weighted by atomic mass is 9.86. The van der Waals surface area contributed by atoms with Crippen molar-refractivity contribution in [2.24, 2.45) is 10.8 Å². The Bertz CT molecular complexity index is 893. The average molecular weight is 493 g/mol. The maximum absolute atomic E-state index is 10.7. The molecule has 0 fully saturated rings. The Labute approximate surface area is 213 Å². The summed E-state index contributed by atoms with van der Waals surface area (Å²) in [6.45, 7) is 12.9. The van der Waals surface area contributed by atoms with Gasteiger partial charge in [-0.3, -0.25) is 9.59 Å². The van der Waals surface area contributed by atoms with E-state index in [1.807, 2.05) is 27.7 Å². The number of carboxylic acids is 1. The predicted octanol–water partition coefficient (Wildman–Crippen LogP) is 6.96. The first-order valence-electron chi connectivity index (χ1n) is 12.2. The Kier molecular flexibility index (Phi) is 12.6. The quantitative estimate of drug-likeness (QED) is 0.363. The number of benzene rings is 3. The van der Waals surface area contributed by atoms with Crippen molar-refractivity contribution in [1.82, 2.24) is 0 Å². The molecule has 0 atom stereocenters. The highest BCUT2D eigenvalue weighted by Crippen LogP contribution is 2.32. The summed E-state index contributed by atoms with van der Waals surface area (Å²) in [5.41, 5.74) is -0.639. The molecule has 0 unspecified atom stereocenters. The molecule has 0 radical (unpaired) electrons. The summed E-state index contributed by atoms with van der Waals surface area (Å²) < 4.78 is 0. The normalized spacial score (nSPS) is 11.0. The molecule has 0 saturated heterocycles. The fourth-order valence-electron chi connectivity index (χ4n) is 2.58. The summed E-state index contributed by atoms with van der Waals surface area (Å²) in [6, 6.07) is 32.3. The zero-order valence-electron chi connectivity index (χ0n) is 22.3. The lowest BCUT2D eigenvalue weighted by molar-refractivity contribution is -0.147. The van der Waals surface area contributed by atoms with Gasteiger partial charge in [-0.1, -0.05) is 119 Å². The van der Waals surface area contributed by atoms with Gasteiger partial charge in [-0.25, -0.2) is 0 Å². The number of hydrogen-bond donors (Lipinski definition) is 1. The molecule has 0 bridgehead atoms. The van der Waals surface area contributed by atoms with Crippen LogP contribution in [0.4, 0.5) is 0 Å². The van der Waals surface area contributed by atoms with Crippen LogP contribution in [0.3, 0.4) is 0 Å². The second kappa shape index (κ2) is 14.6. The van der Waals surface area contributed by atoms with E-state index in [0.717, 1.165) is 6.42 Å². The summed E-state index contributed by atoms with van der Waals surface area (Å²) in [4.78, 5) is 20.9. The Balaban J connectivity index is 0.000000320. The number of carbonyl (C=O) groups excluding carboxylic acids is 1. The van der Waals surface area contributed by atoms with Gasteiger partial charge < -0.3 is 5.11 Å². The van der Waals surface area contributed by atoms with Crippen LogP contribution in [0.1, 0.15) is 61.3 Å². The molecule has 3 aromatic rings. The van der Waals surface area contributed by atoms with Crippen LogP contribution in [0.2, 0.25) is 0 Å². The van der Waals surface area contributed by atoms with Gasteiger partial charge in [0.05, 0.1) is 5.41 Å². The van der Waals surface area contributed by atoms with Crippen LogP contribution in [0.5, 0.6) is 0 Å². The van der Waals surface area contributed by atoms with Crippen molar-refractivity contribution in [1.29, 1.82) is 0 Å². The molecule has 35 heavy (non-hydrogen) atoms. The number of ketones is 1. The lowest BCUT2D eigenvalue weighted by Crippen LogP contribution is -2.21. The Hall–Kier alpha value is -2.77. The average Bonchev–Trinajstić information content (AvgIpc) is 2.87. The number of carboxylic acid groups (broad SMARTS) is 1. The van der Waals surface area contributed by atoms with Crippen LogP contribution in [-0.2, 0) is 9.59 Å². The zero-order valence-corrected chi connectivity index (χ0v) is 23.2. The maximum atomic E-state index is 10.7. The highest BCUT2D eigenvalue weighted by molar-refractivity contribution is 7.79. The molecular weight excluding hydrogens is 451 g/mol. The summed E-state index contributed by atoms with van der Waals surface area (Å²) >= 11 is 0. The molecule has 0 aliphatic heterocycles. The highest BCUT2D eigenvalue weighted by Gasteiger charge is 2.23. The van der Waals surface area contributed by atoms with E-state index in [1.165, 1.54) is 15.9 Å². The second-order valence-corrected chi connectivity index (χ2v) is 11.9. The first-order valence-corrected chi connectivity index (χ1v) is 13.5. The molecule has 0 saturated carbocycles. The van der Waals surface area contributed by atoms with Crippen molar-refractivity contribution in [3.8, 4) is 0 Å². The molecule has 3 aromatic carbocycles. The minimum absolute atomic E-state index is 0.0972. The summed E-state index contributed by atoms with van der Waals surface area (Å²) in [6.07, 6.45) is 1.62. The maximum Gasteiger partial charge on any atom is 0.309 e. The molecule has 4 heteroatoms. The summed E-state index contributed by atoms with van der Waals surface area (Å²) in [5, 5.41) is 12.6. The SMILES string of the molecule is CCC(C)(C)C(=O)O.CCC(C)(C)C(C)=O.c1ccc(P(c2ccccc2)c2ccccc2)cc1. The van der Waals surface area contributed by atoms with E-state index in [-0.39, 0.29) is 11.2 Å². The Morgan fingerprint density at radius 2 is 0.914 bits per heavy atom. The van der Waals surface area contributed by atoms with Gasteiger partial charge in [0.2, 0.25) is 0 Å². The predicted molar refractivity (Wildman–Crippen MR) is 152 cm³/mol. The zero-order chi connectivity index (χ0) is 26.5. The summed E-state index contributed by atoms with van der Waals surface area (Å²) in [5.74, 6) is -0.444. The third kappa shape index (κ3) is 10.2. The highest BCUT2D eigenvalue weighted by atomic mass is 31.1. The van der Waals surface area contributed by atoms with Gasteiger partial charge in [0, 0.05) is 5.41 Å². The summed E-state index contributed by atoms with van der Waals surface area (Å²) in [7, 11) is -0.446. The van der Waals surface area contributed by atoms with Crippen LogP contribution >= 0.6 is 7.92 Å². The van der Waals surface area contributed by atoms with Gasteiger partial charge >= 0.3 is 5.97 Å². The van der Waals surface area contributed by atoms with Gasteiger partial charge in [0.25, 0.3) is 0 Å². The van der Waals surface area contributed by atoms with Gasteiger partial charge in [0.15, 0.2) is 0 Å². The third-order valence-electron chi connectivity index (χ3n) is 6.34. The largest absolute Gasteiger partial charge is 0.481 e.